The number of carbonyl (C=O) groups is 3. The summed E-state index contributed by atoms with van der Waals surface area (Å²) in [6, 6.07) is 2.42. The van der Waals surface area contributed by atoms with Crippen LogP contribution in [0.15, 0.2) is 12.1 Å². The van der Waals surface area contributed by atoms with Gasteiger partial charge in [-0.25, -0.2) is 4.39 Å². The molecule has 4 nitrogen and oxygen atoms in total. The predicted molar refractivity (Wildman–Crippen MR) is 72.4 cm³/mol. The molecule has 0 N–H and O–H groups in total. The molecule has 1 heterocycles. The highest BCUT2D eigenvalue weighted by atomic mass is 19.1. The maximum atomic E-state index is 13.3. The topological polar surface area (TPSA) is 54.5 Å². The zero-order chi connectivity index (χ0) is 14.9. The van der Waals surface area contributed by atoms with E-state index in [0.29, 0.717) is 37.1 Å². The van der Waals surface area contributed by atoms with Crippen LogP contribution in [-0.2, 0) is 9.59 Å². The molecule has 0 aromatic heterocycles. The van der Waals surface area contributed by atoms with Crippen molar-refractivity contribution in [3.8, 4) is 0 Å². The van der Waals surface area contributed by atoms with Gasteiger partial charge >= 0.3 is 0 Å². The molecule has 106 valence electrons. The number of ketones is 2. The number of hydrogen-bond acceptors (Lipinski definition) is 3. The van der Waals surface area contributed by atoms with E-state index in [0.717, 1.165) is 6.07 Å². The number of nitrogens with zero attached hydrogens (tertiary/aromatic N) is 1. The average Bonchev–Trinajstić information content (AvgIpc) is 2.59. The highest BCUT2D eigenvalue weighted by Gasteiger charge is 2.36. The van der Waals surface area contributed by atoms with Crippen molar-refractivity contribution in [1.29, 1.82) is 0 Å². The van der Waals surface area contributed by atoms with Gasteiger partial charge in [0, 0.05) is 13.0 Å². The van der Waals surface area contributed by atoms with Crippen molar-refractivity contribution in [2.45, 2.75) is 33.1 Å². The zero-order valence-electron chi connectivity index (χ0n) is 11.5. The molecule has 0 unspecified atom stereocenters. The summed E-state index contributed by atoms with van der Waals surface area (Å²) in [7, 11) is 0. The third-order valence-corrected chi connectivity index (χ3v) is 3.38. The van der Waals surface area contributed by atoms with Crippen LogP contribution in [0, 0.1) is 12.7 Å². The Bertz CT molecular complexity index is 595. The first-order valence-corrected chi connectivity index (χ1v) is 6.57. The summed E-state index contributed by atoms with van der Waals surface area (Å²) in [6.45, 7) is 3.57. The lowest BCUT2D eigenvalue weighted by atomic mass is 10.1. The lowest BCUT2D eigenvalue weighted by Gasteiger charge is -2.18. The molecule has 0 saturated heterocycles. The van der Waals surface area contributed by atoms with Crippen LogP contribution < -0.4 is 4.90 Å². The molecule has 0 saturated carbocycles. The molecular weight excluding hydrogens is 261 g/mol. The Morgan fingerprint density at radius 1 is 1.25 bits per heavy atom. The largest absolute Gasteiger partial charge is 0.304 e. The minimum absolute atomic E-state index is 0.104. The molecule has 2 rings (SSSR count). The SMILES string of the molecule is CC(=O)CCCCN1C(=O)C(=O)c2cc(F)cc(C)c21. The molecule has 0 bridgehead atoms. The highest BCUT2D eigenvalue weighted by Crippen LogP contribution is 2.33. The number of carbonyl (C=O) groups excluding carboxylic acids is 3. The van der Waals surface area contributed by atoms with Crippen LogP contribution in [0.3, 0.4) is 0 Å². The second-order valence-corrected chi connectivity index (χ2v) is 5.06. The van der Waals surface area contributed by atoms with Crippen LogP contribution >= 0.6 is 0 Å². The Balaban J connectivity index is 2.18. The number of hydrogen-bond donors (Lipinski definition) is 0. The molecule has 20 heavy (non-hydrogen) atoms. The number of fused-ring (bicyclic) bond motifs is 1. The van der Waals surface area contributed by atoms with Gasteiger partial charge in [0.2, 0.25) is 0 Å². The second-order valence-electron chi connectivity index (χ2n) is 5.06. The molecule has 5 heteroatoms. The molecule has 0 spiro atoms. The minimum Gasteiger partial charge on any atom is -0.304 e. The molecule has 0 atom stereocenters. The quantitative estimate of drug-likeness (QED) is 0.613. The molecule has 0 aliphatic carbocycles. The normalized spacial score (nSPS) is 13.8. The van der Waals surface area contributed by atoms with E-state index >= 15 is 0 Å². The number of unbranched alkanes of at least 4 members (excludes halogenated alkanes) is 1. The van der Waals surface area contributed by atoms with Crippen molar-refractivity contribution >= 4 is 23.2 Å². The van der Waals surface area contributed by atoms with E-state index in [1.165, 1.54) is 17.9 Å². The van der Waals surface area contributed by atoms with E-state index in [2.05, 4.69) is 0 Å². The summed E-state index contributed by atoms with van der Waals surface area (Å²) in [6.07, 6.45) is 1.77. The number of anilines is 1. The van der Waals surface area contributed by atoms with Gasteiger partial charge in [-0.3, -0.25) is 9.59 Å². The minimum atomic E-state index is -0.658. The standard InChI is InChI=1S/C15H16FNO3/c1-9-7-11(16)8-12-13(9)17(15(20)14(12)19)6-4-3-5-10(2)18/h7-8H,3-6H2,1-2H3. The van der Waals surface area contributed by atoms with Gasteiger partial charge in [0.1, 0.15) is 11.6 Å². The summed E-state index contributed by atoms with van der Waals surface area (Å²) in [5, 5.41) is 0. The van der Waals surface area contributed by atoms with Gasteiger partial charge in [0.25, 0.3) is 11.7 Å². The Morgan fingerprint density at radius 2 is 1.95 bits per heavy atom. The number of rotatable bonds is 5. The Hall–Kier alpha value is -2.04. The van der Waals surface area contributed by atoms with Crippen molar-refractivity contribution in [2.24, 2.45) is 0 Å². The van der Waals surface area contributed by atoms with E-state index < -0.39 is 17.5 Å². The molecule has 1 aromatic carbocycles. The number of aryl methyl sites for hydroxylation is 1. The first-order chi connectivity index (χ1) is 9.41. The summed E-state index contributed by atoms with van der Waals surface area (Å²) in [4.78, 5) is 36.0. The van der Waals surface area contributed by atoms with Gasteiger partial charge in [-0.15, -0.1) is 0 Å². The van der Waals surface area contributed by atoms with E-state index in [-0.39, 0.29) is 11.3 Å². The van der Waals surface area contributed by atoms with Crippen molar-refractivity contribution in [1.82, 2.24) is 0 Å². The maximum Gasteiger partial charge on any atom is 0.299 e. The predicted octanol–water partition coefficient (Wildman–Crippen LogP) is 2.42. The van der Waals surface area contributed by atoms with Gasteiger partial charge in [-0.2, -0.15) is 0 Å². The lowest BCUT2D eigenvalue weighted by Crippen LogP contribution is -2.31. The fourth-order valence-electron chi connectivity index (χ4n) is 2.46. The van der Waals surface area contributed by atoms with Gasteiger partial charge in [0.05, 0.1) is 11.3 Å². The molecule has 1 aliphatic rings. The third-order valence-electron chi connectivity index (χ3n) is 3.38. The van der Waals surface area contributed by atoms with Crippen LogP contribution in [0.2, 0.25) is 0 Å². The molecule has 0 radical (unpaired) electrons. The lowest BCUT2D eigenvalue weighted by molar-refractivity contribution is -0.117. The smallest absolute Gasteiger partial charge is 0.299 e. The number of halogens is 1. The highest BCUT2D eigenvalue weighted by molar-refractivity contribution is 6.52. The summed E-state index contributed by atoms with van der Waals surface area (Å²) in [5.74, 6) is -1.68. The van der Waals surface area contributed by atoms with E-state index in [4.69, 9.17) is 0 Å². The van der Waals surface area contributed by atoms with Gasteiger partial charge in [0.15, 0.2) is 0 Å². The maximum absolute atomic E-state index is 13.3. The fourth-order valence-corrected chi connectivity index (χ4v) is 2.46. The third kappa shape index (κ3) is 2.61. The molecular formula is C15H16FNO3. The Morgan fingerprint density at radius 3 is 2.60 bits per heavy atom. The van der Waals surface area contributed by atoms with Crippen molar-refractivity contribution < 1.29 is 18.8 Å². The van der Waals surface area contributed by atoms with Crippen LogP contribution in [0.1, 0.15) is 42.1 Å². The molecule has 0 fully saturated rings. The van der Waals surface area contributed by atoms with Crippen LogP contribution in [0.25, 0.3) is 0 Å². The van der Waals surface area contributed by atoms with E-state index in [9.17, 15) is 18.8 Å². The number of amides is 1. The zero-order valence-corrected chi connectivity index (χ0v) is 11.5. The van der Waals surface area contributed by atoms with Gasteiger partial charge in [-0.1, -0.05) is 0 Å². The van der Waals surface area contributed by atoms with Crippen LogP contribution in [0.5, 0.6) is 0 Å². The first-order valence-electron chi connectivity index (χ1n) is 6.57. The number of Topliss-reactive ketones (excluding diaryl/α,β-unsaturated/α-hetero) is 2. The second kappa shape index (κ2) is 5.53. The molecule has 1 aromatic rings. The summed E-state index contributed by atoms with van der Waals surface area (Å²) < 4.78 is 13.3. The van der Waals surface area contributed by atoms with Gasteiger partial charge < -0.3 is 9.69 Å². The van der Waals surface area contributed by atoms with E-state index in [1.807, 2.05) is 0 Å². The fraction of sp³-hybridized carbons (Fsp3) is 0.400. The van der Waals surface area contributed by atoms with Crippen LogP contribution in [-0.4, -0.2) is 24.0 Å². The van der Waals surface area contributed by atoms with Crippen molar-refractivity contribution in [2.75, 3.05) is 11.4 Å². The van der Waals surface area contributed by atoms with E-state index in [1.54, 1.807) is 6.92 Å². The average molecular weight is 277 g/mol. The van der Waals surface area contributed by atoms with Crippen LogP contribution in [0.4, 0.5) is 10.1 Å². The molecule has 1 amide bonds. The van der Waals surface area contributed by atoms with Crippen molar-refractivity contribution in [3.63, 3.8) is 0 Å². The van der Waals surface area contributed by atoms with Crippen molar-refractivity contribution in [3.05, 3.63) is 29.1 Å². The molecule has 1 aliphatic heterocycles. The summed E-state index contributed by atoms with van der Waals surface area (Å²) in [5.41, 5.74) is 1.22. The summed E-state index contributed by atoms with van der Waals surface area (Å²) >= 11 is 0. The monoisotopic (exact) mass is 277 g/mol. The number of benzene rings is 1. The first kappa shape index (κ1) is 14.4. The Kier molecular flexibility index (Phi) is 3.97. The van der Waals surface area contributed by atoms with Gasteiger partial charge in [-0.05, 0) is 44.4 Å². The Labute approximate surface area is 116 Å².